The first-order chi connectivity index (χ1) is 9.38. The van der Waals surface area contributed by atoms with Crippen molar-refractivity contribution in [2.24, 2.45) is 4.99 Å². The number of rotatable bonds is 2. The van der Waals surface area contributed by atoms with Crippen LogP contribution in [0.1, 0.15) is 30.4 Å². The van der Waals surface area contributed by atoms with Crippen molar-refractivity contribution >= 4 is 11.8 Å². The first-order valence-corrected chi connectivity index (χ1v) is 6.86. The Hall–Kier alpha value is -0.687. The molecule has 1 nitrogen and oxygen atoms in total. The van der Waals surface area contributed by atoms with Crippen LogP contribution in [-0.2, 0) is 26.2 Å². The fourth-order valence-corrected chi connectivity index (χ4v) is 3.21. The van der Waals surface area contributed by atoms with E-state index in [0.717, 1.165) is 12.1 Å². The summed E-state index contributed by atoms with van der Waals surface area (Å²) in [6.07, 6.45) is 12.0. The third-order valence-electron chi connectivity index (χ3n) is 4.09. The molecule has 1 heterocycles. The molecule has 1 atom stereocenters. The fraction of sp³-hybridized carbons (Fsp3) is 0.167. The topological polar surface area (TPSA) is 12.4 Å². The van der Waals surface area contributed by atoms with Gasteiger partial charge in [-0.05, 0) is 29.2 Å². The first kappa shape index (κ1) is 19.4. The number of nitrogens with zero attached hydrogens (tertiary/aromatic N) is 1. The Kier molecular flexibility index (Phi) is 6.80. The quantitative estimate of drug-likeness (QED) is 0.561. The molecule has 0 saturated carbocycles. The molecule has 2 aliphatic carbocycles. The summed E-state index contributed by atoms with van der Waals surface area (Å²) in [5.74, 6) is 0.374. The van der Waals surface area contributed by atoms with Gasteiger partial charge in [-0.3, -0.25) is 4.99 Å². The van der Waals surface area contributed by atoms with Crippen LogP contribution >= 0.6 is 0 Å². The van der Waals surface area contributed by atoms with Crippen LogP contribution in [0.3, 0.4) is 0 Å². The van der Waals surface area contributed by atoms with Crippen molar-refractivity contribution in [3.05, 3.63) is 76.5 Å². The molecule has 110 valence electrons. The van der Waals surface area contributed by atoms with Gasteiger partial charge >= 0.3 is 26.2 Å². The van der Waals surface area contributed by atoms with Gasteiger partial charge in [0.05, 0.1) is 5.71 Å². The molecule has 0 N–H and O–H groups in total. The average Bonchev–Trinajstić information content (AvgIpc) is 3.11. The molecule has 3 aliphatic rings. The van der Waals surface area contributed by atoms with E-state index in [1.54, 1.807) is 0 Å². The molecule has 0 bridgehead atoms. The zero-order valence-corrected chi connectivity index (χ0v) is 16.2. The van der Waals surface area contributed by atoms with Gasteiger partial charge in [-0.1, -0.05) is 55.5 Å². The smallest absolute Gasteiger partial charge is 1.00 e. The zero-order valence-electron chi connectivity index (χ0n) is 12.2. The van der Waals surface area contributed by atoms with E-state index < -0.39 is 0 Å². The summed E-state index contributed by atoms with van der Waals surface area (Å²) in [7, 11) is 0. The van der Waals surface area contributed by atoms with Crippen LogP contribution in [0.5, 0.6) is 0 Å². The minimum atomic E-state index is 0. The third kappa shape index (κ3) is 2.89. The van der Waals surface area contributed by atoms with Crippen LogP contribution in [0.25, 0.3) is 6.08 Å². The molecule has 0 radical (unpaired) electrons. The number of hydrogen-bond acceptors (Lipinski definition) is 1. The molecule has 0 saturated heterocycles. The van der Waals surface area contributed by atoms with Gasteiger partial charge in [-0.2, -0.15) is 0 Å². The summed E-state index contributed by atoms with van der Waals surface area (Å²) in [5, 5.41) is 0. The molecule has 1 aliphatic heterocycles. The van der Waals surface area contributed by atoms with E-state index in [4.69, 9.17) is 4.99 Å². The number of allylic oxidation sites excluding steroid dienone is 7. The minimum absolute atomic E-state index is 0. The van der Waals surface area contributed by atoms with E-state index in [-0.39, 0.29) is 51.0 Å². The second-order valence-electron chi connectivity index (χ2n) is 5.12. The number of benzene rings is 1. The van der Waals surface area contributed by atoms with Gasteiger partial charge in [-0.25, -0.2) is 0 Å². The third-order valence-corrected chi connectivity index (χ3v) is 4.09. The predicted molar refractivity (Wildman–Crippen MR) is 80.2 cm³/mol. The molecule has 0 aromatic heterocycles. The van der Waals surface area contributed by atoms with Crippen LogP contribution in [0.15, 0.2) is 70.4 Å². The van der Waals surface area contributed by atoms with E-state index in [2.05, 4.69) is 61.6 Å². The largest absolute Gasteiger partial charge is 2.00 e. The van der Waals surface area contributed by atoms with Crippen molar-refractivity contribution < 1.29 is 51.0 Å². The molecule has 1 aromatic carbocycles. The Morgan fingerprint density at radius 2 is 1.86 bits per heavy atom. The van der Waals surface area contributed by atoms with Crippen molar-refractivity contribution in [1.29, 1.82) is 0 Å². The number of fused-ring (bicyclic) bond motifs is 2. The molecule has 22 heavy (non-hydrogen) atoms. The monoisotopic (exact) mass is 405 g/mol. The van der Waals surface area contributed by atoms with Crippen LogP contribution in [-0.4, -0.2) is 5.71 Å². The van der Waals surface area contributed by atoms with Gasteiger partial charge in [0.25, 0.3) is 0 Å². The Morgan fingerprint density at radius 1 is 1.09 bits per heavy atom. The maximum absolute atomic E-state index is 4.77. The average molecular weight is 407 g/mol. The van der Waals surface area contributed by atoms with Gasteiger partial charge in [0.2, 0.25) is 0 Å². The maximum Gasteiger partial charge on any atom is 2.00 e. The summed E-state index contributed by atoms with van der Waals surface area (Å²) < 4.78 is 0. The van der Waals surface area contributed by atoms with Crippen molar-refractivity contribution in [3.8, 4) is 0 Å². The molecule has 1 aromatic rings. The van der Waals surface area contributed by atoms with E-state index >= 15 is 0 Å². The summed E-state index contributed by atoms with van der Waals surface area (Å²) in [6.45, 7) is 2.19. The summed E-state index contributed by atoms with van der Waals surface area (Å²) in [5.41, 5.74) is 7.87. The summed E-state index contributed by atoms with van der Waals surface area (Å²) in [4.78, 5) is 4.77. The normalized spacial score (nSPS) is 19.6. The van der Waals surface area contributed by atoms with Crippen LogP contribution < -0.4 is 24.8 Å². The molecular weight excluding hydrogens is 392 g/mol. The van der Waals surface area contributed by atoms with E-state index in [1.165, 1.54) is 28.0 Å². The van der Waals surface area contributed by atoms with Crippen molar-refractivity contribution in [2.75, 3.05) is 0 Å². The number of aliphatic imine (C=N–C) groups is 1. The van der Waals surface area contributed by atoms with Crippen molar-refractivity contribution in [3.63, 3.8) is 0 Å². The maximum atomic E-state index is 4.77. The Labute approximate surface area is 162 Å². The molecule has 0 spiro atoms. The SMILES string of the molecule is CCC1=C(C2C=Cc3ccccc32)C2=CC=CC2=N1.[Cl-].[Cl-].[Zr+2]. The van der Waals surface area contributed by atoms with Gasteiger partial charge in [0.1, 0.15) is 0 Å². The van der Waals surface area contributed by atoms with E-state index in [1.807, 2.05) is 0 Å². The van der Waals surface area contributed by atoms with Crippen LogP contribution in [0.4, 0.5) is 0 Å². The van der Waals surface area contributed by atoms with E-state index in [0.29, 0.717) is 5.92 Å². The van der Waals surface area contributed by atoms with Crippen molar-refractivity contribution in [2.45, 2.75) is 19.3 Å². The molecule has 4 rings (SSSR count). The molecule has 1 unspecified atom stereocenters. The Morgan fingerprint density at radius 3 is 2.64 bits per heavy atom. The number of halogens is 2. The fourth-order valence-electron chi connectivity index (χ4n) is 3.21. The molecule has 4 heteroatoms. The summed E-state index contributed by atoms with van der Waals surface area (Å²) >= 11 is 0. The van der Waals surface area contributed by atoms with Gasteiger partial charge < -0.3 is 24.8 Å². The molecular formula is C18H15Cl2NZr. The first-order valence-electron chi connectivity index (χ1n) is 6.86. The summed E-state index contributed by atoms with van der Waals surface area (Å²) in [6, 6.07) is 8.66. The zero-order chi connectivity index (χ0) is 12.8. The Balaban J connectivity index is 0.000000807. The van der Waals surface area contributed by atoms with E-state index in [9.17, 15) is 0 Å². The van der Waals surface area contributed by atoms with Crippen LogP contribution in [0, 0.1) is 0 Å². The van der Waals surface area contributed by atoms with Gasteiger partial charge in [-0.15, -0.1) is 0 Å². The number of hydrogen-bond donors (Lipinski definition) is 0. The second kappa shape index (κ2) is 7.73. The Bertz CT molecular complexity index is 726. The second-order valence-corrected chi connectivity index (χ2v) is 5.12. The minimum Gasteiger partial charge on any atom is -1.00 e. The predicted octanol–water partition coefficient (Wildman–Crippen LogP) is -1.58. The van der Waals surface area contributed by atoms with Crippen LogP contribution in [0.2, 0.25) is 0 Å². The molecule has 0 amide bonds. The van der Waals surface area contributed by atoms with Gasteiger partial charge in [0.15, 0.2) is 0 Å². The standard InChI is InChI=1S/C18H15N.2ClH.Zr/c1-2-16-18(15-8-5-9-17(15)19-16)14-11-10-12-6-3-4-7-13(12)14;;;/h3-11,14H,2H2,1H3;2*1H;/q;;;+2/p-2. The van der Waals surface area contributed by atoms with Gasteiger partial charge in [0, 0.05) is 17.2 Å². The molecule has 0 fully saturated rings. The van der Waals surface area contributed by atoms with Crippen molar-refractivity contribution in [1.82, 2.24) is 0 Å².